The number of aryl methyl sites for hydroxylation is 2. The van der Waals surface area contributed by atoms with Gasteiger partial charge in [-0.2, -0.15) is 0 Å². The molecule has 2 aromatic rings. The topological polar surface area (TPSA) is 56.2 Å². The first-order valence-corrected chi connectivity index (χ1v) is 7.89. The molecule has 1 saturated carbocycles. The van der Waals surface area contributed by atoms with E-state index >= 15 is 0 Å². The number of ether oxygens (including phenoxy) is 1. The first kappa shape index (κ1) is 15.0. The maximum atomic E-state index is 12.3. The van der Waals surface area contributed by atoms with Crippen LogP contribution in [0.25, 0.3) is 11.0 Å². The highest BCUT2D eigenvalue weighted by molar-refractivity contribution is 5.92. The molecule has 1 aromatic carbocycles. The third kappa shape index (κ3) is 2.61. The predicted octanol–water partition coefficient (Wildman–Crippen LogP) is 3.26. The zero-order chi connectivity index (χ0) is 15.7. The molecule has 3 rings (SSSR count). The van der Waals surface area contributed by atoms with Crippen LogP contribution in [-0.4, -0.2) is 28.2 Å². The quantitative estimate of drug-likeness (QED) is 0.922. The number of amides is 1. The number of hydrogen-bond donors (Lipinski definition) is 1. The summed E-state index contributed by atoms with van der Waals surface area (Å²) >= 11 is 0. The van der Waals surface area contributed by atoms with Crippen LogP contribution in [0.2, 0.25) is 0 Å². The fourth-order valence-corrected chi connectivity index (χ4v) is 3.14. The van der Waals surface area contributed by atoms with Gasteiger partial charge in [0.05, 0.1) is 23.1 Å². The molecule has 0 spiro atoms. The monoisotopic (exact) mass is 301 g/mol. The average Bonchev–Trinajstić information content (AvgIpc) is 2.78. The predicted molar refractivity (Wildman–Crippen MR) is 87.0 cm³/mol. The highest BCUT2D eigenvalue weighted by atomic mass is 16.5. The van der Waals surface area contributed by atoms with Crippen LogP contribution in [0, 0.1) is 6.92 Å². The fourth-order valence-electron chi connectivity index (χ4n) is 3.14. The van der Waals surface area contributed by atoms with Gasteiger partial charge >= 0.3 is 0 Å². The Labute approximate surface area is 130 Å². The largest absolute Gasteiger partial charge is 0.378 e. The average molecular weight is 301 g/mol. The standard InChI is InChI=1S/C17H23N3O2/c1-4-20-14-7-6-12(2)10-13(14)18-16(20)19-15(21)11-17(22-3)8-5-9-17/h6-7,10H,4-5,8-9,11H2,1-3H3,(H,18,19,21). The van der Waals surface area contributed by atoms with Crippen molar-refractivity contribution in [1.82, 2.24) is 9.55 Å². The summed E-state index contributed by atoms with van der Waals surface area (Å²) in [7, 11) is 1.69. The van der Waals surface area contributed by atoms with Gasteiger partial charge in [-0.15, -0.1) is 0 Å². The lowest BCUT2D eigenvalue weighted by Gasteiger charge is -2.39. The van der Waals surface area contributed by atoms with E-state index in [1.165, 1.54) is 5.56 Å². The molecule has 0 saturated heterocycles. The van der Waals surface area contributed by atoms with Gasteiger partial charge in [0.1, 0.15) is 0 Å². The molecule has 22 heavy (non-hydrogen) atoms. The Morgan fingerprint density at radius 3 is 2.82 bits per heavy atom. The molecule has 1 aliphatic carbocycles. The van der Waals surface area contributed by atoms with Gasteiger partial charge in [0.15, 0.2) is 0 Å². The van der Waals surface area contributed by atoms with Crippen molar-refractivity contribution in [2.75, 3.05) is 12.4 Å². The van der Waals surface area contributed by atoms with Crippen LogP contribution < -0.4 is 5.32 Å². The molecule has 1 heterocycles. The molecule has 0 unspecified atom stereocenters. The lowest BCUT2D eigenvalue weighted by atomic mass is 9.77. The molecule has 0 atom stereocenters. The Morgan fingerprint density at radius 1 is 1.45 bits per heavy atom. The number of imidazole rings is 1. The van der Waals surface area contributed by atoms with E-state index < -0.39 is 0 Å². The van der Waals surface area contributed by atoms with Gasteiger partial charge in [0.25, 0.3) is 0 Å². The second-order valence-electron chi connectivity index (χ2n) is 6.14. The number of rotatable bonds is 5. The van der Waals surface area contributed by atoms with E-state index in [4.69, 9.17) is 4.74 Å². The van der Waals surface area contributed by atoms with Gasteiger partial charge < -0.3 is 9.30 Å². The summed E-state index contributed by atoms with van der Waals surface area (Å²) < 4.78 is 7.56. The third-order valence-electron chi connectivity index (χ3n) is 4.65. The minimum absolute atomic E-state index is 0.0247. The Hall–Kier alpha value is -1.88. The SMILES string of the molecule is CCn1c(NC(=O)CC2(OC)CCC2)nc2cc(C)ccc21. The van der Waals surface area contributed by atoms with E-state index in [1.54, 1.807) is 7.11 Å². The number of nitrogens with zero attached hydrogens (tertiary/aromatic N) is 2. The molecule has 5 heteroatoms. The number of carbonyl (C=O) groups is 1. The summed E-state index contributed by atoms with van der Waals surface area (Å²) in [6.07, 6.45) is 3.45. The Kier molecular flexibility index (Phi) is 3.91. The van der Waals surface area contributed by atoms with Crippen LogP contribution in [-0.2, 0) is 16.1 Å². The van der Waals surface area contributed by atoms with E-state index in [1.807, 2.05) is 17.6 Å². The molecule has 0 aliphatic heterocycles. The first-order chi connectivity index (χ1) is 10.6. The van der Waals surface area contributed by atoms with E-state index in [9.17, 15) is 4.79 Å². The van der Waals surface area contributed by atoms with Crippen molar-refractivity contribution in [2.45, 2.75) is 51.7 Å². The molecule has 0 radical (unpaired) electrons. The number of carbonyl (C=O) groups excluding carboxylic acids is 1. The highest BCUT2D eigenvalue weighted by Crippen LogP contribution is 2.38. The molecule has 118 valence electrons. The molecule has 1 aliphatic rings. The lowest BCUT2D eigenvalue weighted by Crippen LogP contribution is -2.42. The summed E-state index contributed by atoms with van der Waals surface area (Å²) in [6, 6.07) is 6.16. The van der Waals surface area contributed by atoms with E-state index in [-0.39, 0.29) is 11.5 Å². The smallest absolute Gasteiger partial charge is 0.229 e. The Balaban J connectivity index is 1.82. The van der Waals surface area contributed by atoms with Crippen molar-refractivity contribution < 1.29 is 9.53 Å². The van der Waals surface area contributed by atoms with Crippen LogP contribution in [0.1, 0.15) is 38.2 Å². The summed E-state index contributed by atoms with van der Waals surface area (Å²) in [6.45, 7) is 4.87. The lowest BCUT2D eigenvalue weighted by molar-refractivity contribution is -0.129. The number of aromatic nitrogens is 2. The van der Waals surface area contributed by atoms with E-state index in [0.29, 0.717) is 12.4 Å². The minimum Gasteiger partial charge on any atom is -0.378 e. The maximum Gasteiger partial charge on any atom is 0.229 e. The maximum absolute atomic E-state index is 12.3. The van der Waals surface area contributed by atoms with Crippen molar-refractivity contribution in [2.24, 2.45) is 0 Å². The molecule has 0 bridgehead atoms. The van der Waals surface area contributed by atoms with Crippen LogP contribution in [0.4, 0.5) is 5.95 Å². The fraction of sp³-hybridized carbons (Fsp3) is 0.529. The molecular formula is C17H23N3O2. The number of hydrogen-bond acceptors (Lipinski definition) is 3. The molecule has 1 aromatic heterocycles. The van der Waals surface area contributed by atoms with Crippen LogP contribution in [0.5, 0.6) is 0 Å². The number of methoxy groups -OCH3 is 1. The number of nitrogens with one attached hydrogen (secondary N) is 1. The number of benzene rings is 1. The third-order valence-corrected chi connectivity index (χ3v) is 4.65. The molecule has 5 nitrogen and oxygen atoms in total. The van der Waals surface area contributed by atoms with Crippen LogP contribution in [0.3, 0.4) is 0 Å². The van der Waals surface area contributed by atoms with Crippen molar-refractivity contribution in [1.29, 1.82) is 0 Å². The molecule has 1 N–H and O–H groups in total. The summed E-state index contributed by atoms with van der Waals surface area (Å²) in [5.74, 6) is 0.599. The zero-order valence-corrected chi connectivity index (χ0v) is 13.5. The minimum atomic E-state index is -0.260. The van der Waals surface area contributed by atoms with E-state index in [0.717, 1.165) is 36.8 Å². The van der Waals surface area contributed by atoms with Crippen molar-refractivity contribution in [3.05, 3.63) is 23.8 Å². The van der Waals surface area contributed by atoms with Gasteiger partial charge in [-0.25, -0.2) is 4.98 Å². The second kappa shape index (κ2) is 5.72. The Bertz CT molecular complexity index is 696. The molecule has 1 amide bonds. The zero-order valence-electron chi connectivity index (χ0n) is 13.5. The van der Waals surface area contributed by atoms with Crippen molar-refractivity contribution in [3.8, 4) is 0 Å². The molecule has 1 fully saturated rings. The van der Waals surface area contributed by atoms with Crippen LogP contribution in [0.15, 0.2) is 18.2 Å². The van der Waals surface area contributed by atoms with Crippen molar-refractivity contribution >= 4 is 22.9 Å². The van der Waals surface area contributed by atoms with Crippen molar-refractivity contribution in [3.63, 3.8) is 0 Å². The highest BCUT2D eigenvalue weighted by Gasteiger charge is 2.39. The number of fused-ring (bicyclic) bond motifs is 1. The molecular weight excluding hydrogens is 278 g/mol. The van der Waals surface area contributed by atoms with Gasteiger partial charge in [-0.05, 0) is 50.8 Å². The van der Waals surface area contributed by atoms with Crippen LogP contribution >= 0.6 is 0 Å². The second-order valence-corrected chi connectivity index (χ2v) is 6.14. The van der Waals surface area contributed by atoms with Gasteiger partial charge in [0.2, 0.25) is 11.9 Å². The normalized spacial score (nSPS) is 16.5. The van der Waals surface area contributed by atoms with Gasteiger partial charge in [-0.3, -0.25) is 10.1 Å². The van der Waals surface area contributed by atoms with Gasteiger partial charge in [0, 0.05) is 13.7 Å². The number of anilines is 1. The Morgan fingerprint density at radius 2 is 2.23 bits per heavy atom. The van der Waals surface area contributed by atoms with Gasteiger partial charge in [-0.1, -0.05) is 6.07 Å². The first-order valence-electron chi connectivity index (χ1n) is 7.89. The summed E-state index contributed by atoms with van der Waals surface area (Å²) in [5, 5.41) is 2.96. The summed E-state index contributed by atoms with van der Waals surface area (Å²) in [4.78, 5) is 16.9. The van der Waals surface area contributed by atoms with E-state index in [2.05, 4.69) is 29.4 Å². The summed E-state index contributed by atoms with van der Waals surface area (Å²) in [5.41, 5.74) is 2.87.